The zero-order chi connectivity index (χ0) is 36.3. The molecule has 0 radical (unpaired) electrons. The third-order valence-electron chi connectivity index (χ3n) is 12.9. The average Bonchev–Trinajstić information content (AvgIpc) is 3.59. The van der Waals surface area contributed by atoms with Crippen molar-refractivity contribution in [3.05, 3.63) is 192 Å². The van der Waals surface area contributed by atoms with Crippen molar-refractivity contribution >= 4 is 32.3 Å². The predicted molar refractivity (Wildman–Crippen MR) is 230 cm³/mol. The molecule has 0 amide bonds. The maximum Gasteiger partial charge on any atom is 0.0165 e. The van der Waals surface area contributed by atoms with E-state index >= 15 is 0 Å². The fourth-order valence-electron chi connectivity index (χ4n) is 10.3. The number of benzene rings is 9. The van der Waals surface area contributed by atoms with Crippen molar-refractivity contribution in [1.29, 1.82) is 0 Å². The highest BCUT2D eigenvalue weighted by Gasteiger charge is 2.44. The van der Waals surface area contributed by atoms with E-state index in [2.05, 4.69) is 198 Å². The molecule has 54 heavy (non-hydrogen) atoms. The van der Waals surface area contributed by atoms with Crippen LogP contribution in [-0.4, -0.2) is 0 Å². The minimum absolute atomic E-state index is 0.0623. The maximum absolute atomic E-state index is 2.47. The second kappa shape index (κ2) is 11.1. The lowest BCUT2D eigenvalue weighted by molar-refractivity contribution is 0.647. The van der Waals surface area contributed by atoms with Crippen molar-refractivity contribution in [3.8, 4) is 55.6 Å². The topological polar surface area (TPSA) is 0 Å². The van der Waals surface area contributed by atoms with Crippen molar-refractivity contribution in [2.45, 2.75) is 38.5 Å². The van der Waals surface area contributed by atoms with Crippen molar-refractivity contribution in [2.75, 3.05) is 0 Å². The Labute approximate surface area is 317 Å². The van der Waals surface area contributed by atoms with Gasteiger partial charge in [-0.15, -0.1) is 0 Å². The Morgan fingerprint density at radius 1 is 0.296 bits per heavy atom. The molecule has 0 bridgehead atoms. The fourth-order valence-corrected chi connectivity index (χ4v) is 10.3. The number of hydrogen-bond acceptors (Lipinski definition) is 0. The van der Waals surface area contributed by atoms with Gasteiger partial charge in [0.2, 0.25) is 0 Å². The van der Waals surface area contributed by atoms with Gasteiger partial charge >= 0.3 is 0 Å². The summed E-state index contributed by atoms with van der Waals surface area (Å²) in [5.41, 5.74) is 18.8. The molecule has 0 atom stereocenters. The van der Waals surface area contributed by atoms with Crippen LogP contribution in [0.4, 0.5) is 0 Å². The van der Waals surface area contributed by atoms with E-state index in [4.69, 9.17) is 0 Å². The van der Waals surface area contributed by atoms with Crippen molar-refractivity contribution < 1.29 is 0 Å². The molecule has 0 nitrogen and oxygen atoms in total. The van der Waals surface area contributed by atoms with Crippen LogP contribution in [0, 0.1) is 0 Å². The summed E-state index contributed by atoms with van der Waals surface area (Å²) in [6, 6.07) is 63.7. The fraction of sp³-hybridized carbons (Fsp3) is 0.111. The molecule has 11 rings (SSSR count). The van der Waals surface area contributed by atoms with Crippen molar-refractivity contribution in [2.24, 2.45) is 0 Å². The quantitative estimate of drug-likeness (QED) is 0.162. The van der Waals surface area contributed by atoms with Gasteiger partial charge in [-0.3, -0.25) is 0 Å². The summed E-state index contributed by atoms with van der Waals surface area (Å²) in [4.78, 5) is 0. The molecule has 9 aromatic rings. The second-order valence-corrected chi connectivity index (χ2v) is 16.4. The van der Waals surface area contributed by atoms with Crippen LogP contribution in [-0.2, 0) is 10.8 Å². The van der Waals surface area contributed by atoms with Crippen molar-refractivity contribution in [1.82, 2.24) is 0 Å². The summed E-state index contributed by atoms with van der Waals surface area (Å²) < 4.78 is 0. The van der Waals surface area contributed by atoms with Gasteiger partial charge in [0.15, 0.2) is 0 Å². The van der Waals surface area contributed by atoms with Gasteiger partial charge in [-0.2, -0.15) is 0 Å². The zero-order valence-electron chi connectivity index (χ0n) is 31.2. The highest BCUT2D eigenvalue weighted by Crippen LogP contribution is 2.59. The SMILES string of the molecule is CC1(C)c2ccc(-c3ccc(-c4c5ccccc5c(-c5cccc6ccccc56)c5ccccc45)cc3)cc2-c2c1ccc1c2C(C)(C)c2ccccc2-1. The summed E-state index contributed by atoms with van der Waals surface area (Å²) in [5.74, 6) is 0. The molecule has 0 aromatic heterocycles. The predicted octanol–water partition coefficient (Wildman–Crippen LogP) is 14.8. The van der Waals surface area contributed by atoms with Crippen LogP contribution in [0.5, 0.6) is 0 Å². The van der Waals surface area contributed by atoms with Crippen LogP contribution in [0.3, 0.4) is 0 Å². The number of fused-ring (bicyclic) bond motifs is 10. The molecule has 0 N–H and O–H groups in total. The second-order valence-electron chi connectivity index (χ2n) is 16.4. The normalized spacial score (nSPS) is 14.6. The van der Waals surface area contributed by atoms with Gasteiger partial charge in [0.1, 0.15) is 0 Å². The van der Waals surface area contributed by atoms with Crippen LogP contribution < -0.4 is 0 Å². The standard InChI is InChI=1S/C54H40/c1-53(2)47-30-28-36(32-45(47)51-48(53)31-29-44-38-17-11-12-23-46(38)54(3,4)52(44)51)33-24-26-35(27-25-33)49-40-18-7-9-20-42(40)50(43-21-10-8-19-41(43)49)39-22-13-15-34-14-5-6-16-37(34)39/h5-32H,1-4H3. The van der Waals surface area contributed by atoms with E-state index in [0.29, 0.717) is 0 Å². The molecule has 0 heteroatoms. The van der Waals surface area contributed by atoms with E-state index in [1.54, 1.807) is 0 Å². The van der Waals surface area contributed by atoms with Crippen LogP contribution in [0.1, 0.15) is 49.9 Å². The summed E-state index contributed by atoms with van der Waals surface area (Å²) in [5, 5.41) is 7.67. The Balaban J connectivity index is 1.07. The van der Waals surface area contributed by atoms with E-state index in [1.165, 1.54) is 110 Å². The molecule has 9 aromatic carbocycles. The van der Waals surface area contributed by atoms with Gasteiger partial charge < -0.3 is 0 Å². The van der Waals surface area contributed by atoms with Gasteiger partial charge in [-0.25, -0.2) is 0 Å². The highest BCUT2D eigenvalue weighted by atomic mass is 14.5. The van der Waals surface area contributed by atoms with Crippen molar-refractivity contribution in [3.63, 3.8) is 0 Å². The molecule has 256 valence electrons. The Morgan fingerprint density at radius 3 is 1.54 bits per heavy atom. The lowest BCUT2D eigenvalue weighted by atomic mass is 9.77. The highest BCUT2D eigenvalue weighted by molar-refractivity contribution is 6.23. The Hall–Kier alpha value is -6.24. The Morgan fingerprint density at radius 2 is 0.815 bits per heavy atom. The Bertz CT molecular complexity index is 2960. The minimum atomic E-state index is -0.0681. The first-order chi connectivity index (χ1) is 26.3. The van der Waals surface area contributed by atoms with E-state index in [-0.39, 0.29) is 10.8 Å². The molecule has 0 aliphatic heterocycles. The molecule has 2 aliphatic carbocycles. The average molecular weight is 689 g/mol. The molecular formula is C54H40. The first-order valence-corrected chi connectivity index (χ1v) is 19.3. The largest absolute Gasteiger partial charge is 0.0619 e. The molecule has 0 heterocycles. The molecule has 0 saturated carbocycles. The van der Waals surface area contributed by atoms with E-state index in [1.807, 2.05) is 0 Å². The molecule has 0 saturated heterocycles. The zero-order valence-corrected chi connectivity index (χ0v) is 31.2. The maximum atomic E-state index is 2.47. The monoisotopic (exact) mass is 688 g/mol. The molecule has 0 fully saturated rings. The third-order valence-corrected chi connectivity index (χ3v) is 12.9. The van der Waals surface area contributed by atoms with E-state index in [9.17, 15) is 0 Å². The lowest BCUT2D eigenvalue weighted by Crippen LogP contribution is -2.18. The van der Waals surface area contributed by atoms with Crippen LogP contribution in [0.2, 0.25) is 0 Å². The lowest BCUT2D eigenvalue weighted by Gasteiger charge is -2.26. The van der Waals surface area contributed by atoms with Crippen LogP contribution in [0.15, 0.2) is 170 Å². The molecule has 0 unspecified atom stereocenters. The first kappa shape index (κ1) is 31.3. The summed E-state index contributed by atoms with van der Waals surface area (Å²) in [6.07, 6.45) is 0. The van der Waals surface area contributed by atoms with Gasteiger partial charge in [0.05, 0.1) is 0 Å². The summed E-state index contributed by atoms with van der Waals surface area (Å²) in [7, 11) is 0. The molecular weight excluding hydrogens is 649 g/mol. The molecule has 2 aliphatic rings. The minimum Gasteiger partial charge on any atom is -0.0619 e. The van der Waals surface area contributed by atoms with Gasteiger partial charge in [0.25, 0.3) is 0 Å². The number of hydrogen-bond donors (Lipinski definition) is 0. The summed E-state index contributed by atoms with van der Waals surface area (Å²) >= 11 is 0. The van der Waals surface area contributed by atoms with Crippen LogP contribution >= 0.6 is 0 Å². The smallest absolute Gasteiger partial charge is 0.0165 e. The Kier molecular flexibility index (Phi) is 6.46. The van der Waals surface area contributed by atoms with Gasteiger partial charge in [-0.05, 0) is 116 Å². The van der Waals surface area contributed by atoms with Crippen LogP contribution in [0.25, 0.3) is 88.0 Å². The van der Waals surface area contributed by atoms with Gasteiger partial charge in [-0.1, -0.05) is 191 Å². The van der Waals surface area contributed by atoms with E-state index < -0.39 is 0 Å². The molecule has 0 spiro atoms. The summed E-state index contributed by atoms with van der Waals surface area (Å²) in [6.45, 7) is 9.61. The third kappa shape index (κ3) is 4.20. The van der Waals surface area contributed by atoms with E-state index in [0.717, 1.165) is 0 Å². The first-order valence-electron chi connectivity index (χ1n) is 19.3. The van der Waals surface area contributed by atoms with Gasteiger partial charge in [0, 0.05) is 10.8 Å². The number of rotatable bonds is 3.